The molecule has 0 radical (unpaired) electrons. The summed E-state index contributed by atoms with van der Waals surface area (Å²) >= 11 is 5.83. The van der Waals surface area contributed by atoms with Crippen LogP contribution in [0.1, 0.15) is 0 Å². The molecule has 1 heterocycles. The number of phenolic OH excluding ortho intramolecular Hbond substituents is 1. The van der Waals surface area contributed by atoms with E-state index in [1.807, 2.05) is 0 Å². The standard InChI is InChI=1S/C8H6ClN3O/c9-6-1-4(13)2-7-5(6)3-11-8(10)12-7/h1-3,13H,(H2,10,11,12). The van der Waals surface area contributed by atoms with Crippen LogP contribution in [-0.4, -0.2) is 15.1 Å². The van der Waals surface area contributed by atoms with Crippen molar-refractivity contribution in [3.8, 4) is 5.75 Å². The number of phenols is 1. The van der Waals surface area contributed by atoms with Crippen molar-refractivity contribution in [3.63, 3.8) is 0 Å². The molecule has 2 rings (SSSR count). The smallest absolute Gasteiger partial charge is 0.220 e. The van der Waals surface area contributed by atoms with E-state index in [0.717, 1.165) is 0 Å². The third-order valence-corrected chi connectivity index (χ3v) is 1.97. The number of nitrogen functional groups attached to an aromatic ring is 1. The number of fused-ring (bicyclic) bond motifs is 1. The maximum absolute atomic E-state index is 9.22. The molecule has 0 fully saturated rings. The van der Waals surface area contributed by atoms with Crippen molar-refractivity contribution in [1.82, 2.24) is 9.97 Å². The van der Waals surface area contributed by atoms with Crippen LogP contribution in [0.15, 0.2) is 18.3 Å². The monoisotopic (exact) mass is 195 g/mol. The van der Waals surface area contributed by atoms with Crippen molar-refractivity contribution in [3.05, 3.63) is 23.4 Å². The van der Waals surface area contributed by atoms with Crippen molar-refractivity contribution < 1.29 is 5.11 Å². The van der Waals surface area contributed by atoms with Gasteiger partial charge in [0.25, 0.3) is 0 Å². The van der Waals surface area contributed by atoms with Crippen LogP contribution in [0.2, 0.25) is 5.02 Å². The van der Waals surface area contributed by atoms with E-state index in [-0.39, 0.29) is 11.7 Å². The lowest BCUT2D eigenvalue weighted by Gasteiger charge is -2.00. The summed E-state index contributed by atoms with van der Waals surface area (Å²) in [6.45, 7) is 0. The largest absolute Gasteiger partial charge is 0.508 e. The summed E-state index contributed by atoms with van der Waals surface area (Å²) in [4.78, 5) is 7.72. The Balaban J connectivity index is 2.86. The molecule has 1 aromatic heterocycles. The fourth-order valence-electron chi connectivity index (χ4n) is 1.09. The average molecular weight is 196 g/mol. The zero-order valence-electron chi connectivity index (χ0n) is 6.53. The fourth-order valence-corrected chi connectivity index (χ4v) is 1.35. The number of aromatic hydroxyl groups is 1. The third kappa shape index (κ3) is 1.36. The number of benzene rings is 1. The molecule has 0 aliphatic carbocycles. The van der Waals surface area contributed by atoms with Gasteiger partial charge in [0.1, 0.15) is 5.75 Å². The van der Waals surface area contributed by atoms with Crippen LogP contribution in [-0.2, 0) is 0 Å². The topological polar surface area (TPSA) is 72.0 Å². The highest BCUT2D eigenvalue weighted by Gasteiger charge is 2.03. The Morgan fingerprint density at radius 3 is 2.92 bits per heavy atom. The summed E-state index contributed by atoms with van der Waals surface area (Å²) < 4.78 is 0. The van der Waals surface area contributed by atoms with Crippen molar-refractivity contribution in [2.24, 2.45) is 0 Å². The molecule has 0 unspecified atom stereocenters. The highest BCUT2D eigenvalue weighted by Crippen LogP contribution is 2.26. The molecule has 2 aromatic rings. The summed E-state index contributed by atoms with van der Waals surface area (Å²) in [5.41, 5.74) is 5.92. The summed E-state index contributed by atoms with van der Waals surface area (Å²) in [7, 11) is 0. The predicted molar refractivity (Wildman–Crippen MR) is 50.6 cm³/mol. The number of nitrogens with two attached hydrogens (primary N) is 1. The van der Waals surface area contributed by atoms with Crippen LogP contribution in [0.5, 0.6) is 5.75 Å². The summed E-state index contributed by atoms with van der Waals surface area (Å²) in [5, 5.41) is 10.3. The minimum atomic E-state index is 0.0654. The second-order valence-corrected chi connectivity index (χ2v) is 3.00. The second-order valence-electron chi connectivity index (χ2n) is 2.59. The Labute approximate surface area is 79.0 Å². The van der Waals surface area contributed by atoms with Gasteiger partial charge in [0.15, 0.2) is 0 Å². The van der Waals surface area contributed by atoms with E-state index < -0.39 is 0 Å². The van der Waals surface area contributed by atoms with E-state index in [1.165, 1.54) is 18.3 Å². The van der Waals surface area contributed by atoms with Gasteiger partial charge in [0.05, 0.1) is 10.5 Å². The maximum Gasteiger partial charge on any atom is 0.220 e. The van der Waals surface area contributed by atoms with Crippen LogP contribution in [0.4, 0.5) is 5.95 Å². The molecule has 0 spiro atoms. The Kier molecular flexibility index (Phi) is 1.70. The van der Waals surface area contributed by atoms with Gasteiger partial charge in [-0.05, 0) is 6.07 Å². The van der Waals surface area contributed by atoms with Crippen LogP contribution in [0.3, 0.4) is 0 Å². The highest BCUT2D eigenvalue weighted by atomic mass is 35.5. The number of anilines is 1. The lowest BCUT2D eigenvalue weighted by Crippen LogP contribution is -1.93. The zero-order valence-corrected chi connectivity index (χ0v) is 7.28. The molecule has 0 bridgehead atoms. The Morgan fingerprint density at radius 2 is 2.15 bits per heavy atom. The number of hydrogen-bond donors (Lipinski definition) is 2. The van der Waals surface area contributed by atoms with Gasteiger partial charge in [0.2, 0.25) is 5.95 Å². The van der Waals surface area contributed by atoms with Crippen molar-refractivity contribution >= 4 is 28.5 Å². The molecule has 0 aliphatic heterocycles. The number of rotatable bonds is 0. The van der Waals surface area contributed by atoms with Crippen molar-refractivity contribution in [2.75, 3.05) is 5.73 Å². The molecule has 0 aliphatic rings. The zero-order chi connectivity index (χ0) is 9.42. The van der Waals surface area contributed by atoms with Gasteiger partial charge in [-0.25, -0.2) is 9.97 Å². The van der Waals surface area contributed by atoms with Gasteiger partial charge >= 0.3 is 0 Å². The molecule has 0 saturated carbocycles. The highest BCUT2D eigenvalue weighted by molar-refractivity contribution is 6.35. The Hall–Kier alpha value is -1.55. The number of nitrogens with zero attached hydrogens (tertiary/aromatic N) is 2. The first-order valence-corrected chi connectivity index (χ1v) is 3.95. The lowest BCUT2D eigenvalue weighted by molar-refractivity contribution is 0.476. The van der Waals surface area contributed by atoms with E-state index in [2.05, 4.69) is 9.97 Å². The predicted octanol–water partition coefficient (Wildman–Crippen LogP) is 1.57. The maximum atomic E-state index is 9.22. The summed E-state index contributed by atoms with van der Waals surface area (Å²) in [6.07, 6.45) is 1.53. The SMILES string of the molecule is Nc1ncc2c(Cl)cc(O)cc2n1. The molecular formula is C8H6ClN3O. The van der Waals surface area contributed by atoms with Gasteiger partial charge in [-0.15, -0.1) is 0 Å². The fraction of sp³-hybridized carbons (Fsp3) is 0. The van der Waals surface area contributed by atoms with E-state index in [9.17, 15) is 5.11 Å². The van der Waals surface area contributed by atoms with Crippen LogP contribution < -0.4 is 5.73 Å². The Bertz CT molecular complexity index is 467. The molecule has 0 saturated heterocycles. The lowest BCUT2D eigenvalue weighted by atomic mass is 10.2. The molecule has 0 atom stereocenters. The van der Waals surface area contributed by atoms with Crippen LogP contribution in [0, 0.1) is 0 Å². The van der Waals surface area contributed by atoms with Crippen LogP contribution in [0.25, 0.3) is 10.9 Å². The van der Waals surface area contributed by atoms with Gasteiger partial charge in [-0.3, -0.25) is 0 Å². The molecule has 1 aromatic carbocycles. The molecule has 13 heavy (non-hydrogen) atoms. The molecule has 4 nitrogen and oxygen atoms in total. The van der Waals surface area contributed by atoms with Gasteiger partial charge in [-0.2, -0.15) is 0 Å². The van der Waals surface area contributed by atoms with Gasteiger partial charge < -0.3 is 10.8 Å². The van der Waals surface area contributed by atoms with E-state index in [4.69, 9.17) is 17.3 Å². The first kappa shape index (κ1) is 8.07. The van der Waals surface area contributed by atoms with Crippen molar-refractivity contribution in [1.29, 1.82) is 0 Å². The van der Waals surface area contributed by atoms with E-state index >= 15 is 0 Å². The average Bonchev–Trinajstić information content (AvgIpc) is 2.02. The molecule has 0 amide bonds. The molecule has 66 valence electrons. The summed E-state index contributed by atoms with van der Waals surface area (Å²) in [6, 6.07) is 2.92. The second kappa shape index (κ2) is 2.74. The first-order valence-electron chi connectivity index (χ1n) is 3.57. The van der Waals surface area contributed by atoms with Crippen LogP contribution >= 0.6 is 11.6 Å². The molecular weight excluding hydrogens is 190 g/mol. The van der Waals surface area contributed by atoms with Gasteiger partial charge in [-0.1, -0.05) is 11.6 Å². The molecule has 5 heteroatoms. The van der Waals surface area contributed by atoms with E-state index in [0.29, 0.717) is 15.9 Å². The van der Waals surface area contributed by atoms with Crippen molar-refractivity contribution in [2.45, 2.75) is 0 Å². The quantitative estimate of drug-likeness (QED) is 0.669. The van der Waals surface area contributed by atoms with E-state index in [1.54, 1.807) is 0 Å². The Morgan fingerprint density at radius 1 is 1.38 bits per heavy atom. The van der Waals surface area contributed by atoms with Gasteiger partial charge in [0, 0.05) is 17.6 Å². The first-order chi connectivity index (χ1) is 6.16. The number of hydrogen-bond acceptors (Lipinski definition) is 4. The minimum absolute atomic E-state index is 0.0654. The number of aromatic nitrogens is 2. The number of halogens is 1. The normalized spacial score (nSPS) is 10.5. The third-order valence-electron chi connectivity index (χ3n) is 1.65. The summed E-state index contributed by atoms with van der Waals surface area (Å²) in [5.74, 6) is 0.227. The minimum Gasteiger partial charge on any atom is -0.508 e. The molecule has 3 N–H and O–H groups in total.